The summed E-state index contributed by atoms with van der Waals surface area (Å²) in [7, 11) is 0. The molecule has 2 fully saturated rings. The van der Waals surface area contributed by atoms with Crippen molar-refractivity contribution in [3.63, 3.8) is 0 Å². The topological polar surface area (TPSA) is 9.23 Å². The third-order valence-corrected chi connectivity index (χ3v) is 3.42. The van der Waals surface area contributed by atoms with Crippen LogP contribution in [0.2, 0.25) is 0 Å². The molecular formula is C12H14O. The maximum absolute atomic E-state index is 5.48. The van der Waals surface area contributed by atoms with E-state index in [-0.39, 0.29) is 0 Å². The maximum atomic E-state index is 5.48. The molecule has 0 aromatic heterocycles. The van der Waals surface area contributed by atoms with Crippen molar-refractivity contribution in [1.29, 1.82) is 0 Å². The average molecular weight is 174 g/mol. The molecule has 3 rings (SSSR count). The van der Waals surface area contributed by atoms with Crippen molar-refractivity contribution >= 4 is 0 Å². The van der Waals surface area contributed by atoms with Gasteiger partial charge in [0.25, 0.3) is 0 Å². The van der Waals surface area contributed by atoms with Crippen molar-refractivity contribution in [2.24, 2.45) is 11.8 Å². The number of ether oxygens (including phenoxy) is 1. The Morgan fingerprint density at radius 3 is 2.62 bits per heavy atom. The highest BCUT2D eigenvalue weighted by Crippen LogP contribution is 2.57. The van der Waals surface area contributed by atoms with E-state index in [0.29, 0.717) is 0 Å². The van der Waals surface area contributed by atoms with E-state index in [1.807, 2.05) is 0 Å². The molecule has 2 aliphatic rings. The first-order valence-electron chi connectivity index (χ1n) is 5.09. The molecule has 1 heterocycles. The molecule has 1 aliphatic heterocycles. The summed E-state index contributed by atoms with van der Waals surface area (Å²) in [6.07, 6.45) is 1.27. The lowest BCUT2D eigenvalue weighted by Gasteiger charge is -2.07. The third-order valence-electron chi connectivity index (χ3n) is 3.42. The Morgan fingerprint density at radius 2 is 1.92 bits per heavy atom. The Labute approximate surface area is 78.7 Å². The SMILES string of the molecule is c1ccc([C@H]2[C@@H]3CCOC[C@@H]32)cc1. The summed E-state index contributed by atoms with van der Waals surface area (Å²) >= 11 is 0. The van der Waals surface area contributed by atoms with Crippen molar-refractivity contribution in [2.45, 2.75) is 12.3 Å². The Morgan fingerprint density at radius 1 is 1.08 bits per heavy atom. The van der Waals surface area contributed by atoms with Crippen LogP contribution in [-0.4, -0.2) is 13.2 Å². The molecular weight excluding hydrogens is 160 g/mol. The lowest BCUT2D eigenvalue weighted by Crippen LogP contribution is -2.06. The van der Waals surface area contributed by atoms with Crippen molar-refractivity contribution in [1.82, 2.24) is 0 Å². The second-order valence-electron chi connectivity index (χ2n) is 4.13. The standard InChI is InChI=1S/C12H14O/c1-2-4-9(5-3-1)12-10-6-7-13-8-11(10)12/h1-5,10-12H,6-8H2/t10-,11+,12+/m1/s1. The van der Waals surface area contributed by atoms with Gasteiger partial charge < -0.3 is 4.74 Å². The minimum absolute atomic E-state index is 0.809. The number of rotatable bonds is 1. The Hall–Kier alpha value is -0.820. The van der Waals surface area contributed by atoms with Crippen molar-refractivity contribution in [3.05, 3.63) is 35.9 Å². The van der Waals surface area contributed by atoms with Crippen LogP contribution in [0.3, 0.4) is 0 Å². The van der Waals surface area contributed by atoms with Crippen LogP contribution < -0.4 is 0 Å². The van der Waals surface area contributed by atoms with Gasteiger partial charge in [-0.15, -0.1) is 0 Å². The molecule has 0 amide bonds. The molecule has 0 N–H and O–H groups in total. The summed E-state index contributed by atoms with van der Waals surface area (Å²) in [4.78, 5) is 0. The number of benzene rings is 1. The van der Waals surface area contributed by atoms with Crippen LogP contribution in [0.5, 0.6) is 0 Å². The zero-order valence-corrected chi connectivity index (χ0v) is 7.65. The first-order chi connectivity index (χ1) is 6.47. The van der Waals surface area contributed by atoms with E-state index in [0.717, 1.165) is 31.0 Å². The van der Waals surface area contributed by atoms with Gasteiger partial charge in [0.2, 0.25) is 0 Å². The fourth-order valence-corrected chi connectivity index (χ4v) is 2.67. The summed E-state index contributed by atoms with van der Waals surface area (Å²) in [5.41, 5.74) is 1.52. The summed E-state index contributed by atoms with van der Waals surface area (Å²) in [5.74, 6) is 2.57. The highest BCUT2D eigenvalue weighted by molar-refractivity contribution is 5.28. The molecule has 1 heteroatoms. The van der Waals surface area contributed by atoms with Crippen LogP contribution in [0, 0.1) is 11.8 Å². The van der Waals surface area contributed by atoms with Gasteiger partial charge in [0.15, 0.2) is 0 Å². The molecule has 1 saturated heterocycles. The van der Waals surface area contributed by atoms with Gasteiger partial charge in [0.05, 0.1) is 6.61 Å². The third kappa shape index (κ3) is 1.19. The zero-order valence-electron chi connectivity index (χ0n) is 7.65. The predicted octanol–water partition coefficient (Wildman–Crippen LogP) is 2.44. The minimum Gasteiger partial charge on any atom is -0.381 e. The van der Waals surface area contributed by atoms with E-state index in [4.69, 9.17) is 4.74 Å². The second kappa shape index (κ2) is 2.85. The summed E-state index contributed by atoms with van der Waals surface area (Å²) in [5, 5.41) is 0. The molecule has 68 valence electrons. The molecule has 1 aromatic carbocycles. The van der Waals surface area contributed by atoms with Crippen LogP contribution >= 0.6 is 0 Å². The Kier molecular flexibility index (Phi) is 1.66. The van der Waals surface area contributed by atoms with Gasteiger partial charge in [-0.2, -0.15) is 0 Å². The van der Waals surface area contributed by atoms with E-state index in [2.05, 4.69) is 30.3 Å². The van der Waals surface area contributed by atoms with Crippen molar-refractivity contribution in [2.75, 3.05) is 13.2 Å². The van der Waals surface area contributed by atoms with Crippen LogP contribution in [0.25, 0.3) is 0 Å². The largest absolute Gasteiger partial charge is 0.381 e. The second-order valence-corrected chi connectivity index (χ2v) is 4.13. The minimum atomic E-state index is 0.809. The summed E-state index contributed by atoms with van der Waals surface area (Å²) in [6, 6.07) is 10.9. The van der Waals surface area contributed by atoms with E-state index in [9.17, 15) is 0 Å². The highest BCUT2D eigenvalue weighted by atomic mass is 16.5. The fourth-order valence-electron chi connectivity index (χ4n) is 2.67. The average Bonchev–Trinajstić information content (AvgIpc) is 2.93. The van der Waals surface area contributed by atoms with Crippen LogP contribution in [0.1, 0.15) is 17.9 Å². The molecule has 1 saturated carbocycles. The van der Waals surface area contributed by atoms with Gasteiger partial charge >= 0.3 is 0 Å². The lowest BCUT2D eigenvalue weighted by molar-refractivity contribution is 0.0887. The van der Waals surface area contributed by atoms with E-state index in [1.165, 1.54) is 12.0 Å². The smallest absolute Gasteiger partial charge is 0.0503 e. The van der Waals surface area contributed by atoms with Crippen LogP contribution in [-0.2, 0) is 4.74 Å². The molecule has 3 atom stereocenters. The quantitative estimate of drug-likeness (QED) is 0.635. The van der Waals surface area contributed by atoms with E-state index in [1.54, 1.807) is 0 Å². The monoisotopic (exact) mass is 174 g/mol. The normalized spacial score (nSPS) is 36.8. The van der Waals surface area contributed by atoms with Gasteiger partial charge in [0.1, 0.15) is 0 Å². The number of hydrogen-bond acceptors (Lipinski definition) is 1. The van der Waals surface area contributed by atoms with E-state index < -0.39 is 0 Å². The Bertz CT molecular complexity index is 281. The number of hydrogen-bond donors (Lipinski definition) is 0. The summed E-state index contributed by atoms with van der Waals surface area (Å²) < 4.78 is 5.48. The Balaban J connectivity index is 1.82. The van der Waals surface area contributed by atoms with Gasteiger partial charge in [-0.05, 0) is 29.7 Å². The molecule has 0 spiro atoms. The maximum Gasteiger partial charge on any atom is 0.0503 e. The van der Waals surface area contributed by atoms with Gasteiger partial charge in [-0.3, -0.25) is 0 Å². The fraction of sp³-hybridized carbons (Fsp3) is 0.500. The lowest BCUT2D eigenvalue weighted by atomic mass is 10.1. The van der Waals surface area contributed by atoms with E-state index >= 15 is 0 Å². The van der Waals surface area contributed by atoms with Gasteiger partial charge in [0, 0.05) is 6.61 Å². The first-order valence-corrected chi connectivity index (χ1v) is 5.09. The summed E-state index contributed by atoms with van der Waals surface area (Å²) in [6.45, 7) is 1.97. The molecule has 0 bridgehead atoms. The molecule has 0 unspecified atom stereocenters. The molecule has 1 aliphatic carbocycles. The van der Waals surface area contributed by atoms with Crippen molar-refractivity contribution in [3.8, 4) is 0 Å². The van der Waals surface area contributed by atoms with Gasteiger partial charge in [-0.25, -0.2) is 0 Å². The van der Waals surface area contributed by atoms with Crippen LogP contribution in [0.4, 0.5) is 0 Å². The molecule has 1 nitrogen and oxygen atoms in total. The van der Waals surface area contributed by atoms with Crippen molar-refractivity contribution < 1.29 is 4.74 Å². The first kappa shape index (κ1) is 7.57. The highest BCUT2D eigenvalue weighted by Gasteiger charge is 2.51. The van der Waals surface area contributed by atoms with Gasteiger partial charge in [-0.1, -0.05) is 30.3 Å². The number of fused-ring (bicyclic) bond motifs is 1. The molecule has 0 radical (unpaired) electrons. The molecule has 13 heavy (non-hydrogen) atoms. The zero-order chi connectivity index (χ0) is 8.67. The molecule has 1 aromatic rings. The van der Waals surface area contributed by atoms with Crippen LogP contribution in [0.15, 0.2) is 30.3 Å². The predicted molar refractivity (Wildman–Crippen MR) is 51.6 cm³/mol.